The van der Waals surface area contributed by atoms with Gasteiger partial charge in [-0.2, -0.15) is 0 Å². The van der Waals surface area contributed by atoms with Crippen LogP contribution in [0, 0.1) is 15.9 Å². The Morgan fingerprint density at radius 1 is 0.974 bits per heavy atom. The Bertz CT molecular complexity index is 1450. The number of rotatable bonds is 11. The summed E-state index contributed by atoms with van der Waals surface area (Å²) in [4.78, 5) is 38.3. The number of nitro groups is 1. The van der Waals surface area contributed by atoms with E-state index in [1.54, 1.807) is 26.0 Å². The normalized spacial score (nSPS) is 12.0. The van der Waals surface area contributed by atoms with E-state index in [-0.39, 0.29) is 34.4 Å². The summed E-state index contributed by atoms with van der Waals surface area (Å²) < 4.78 is 42.6. The lowest BCUT2D eigenvalue weighted by molar-refractivity contribution is -0.384. The molecule has 206 valence electrons. The van der Waals surface area contributed by atoms with Crippen LogP contribution in [-0.2, 0) is 26.2 Å². The van der Waals surface area contributed by atoms with Gasteiger partial charge in [0.05, 0.1) is 15.5 Å². The molecule has 0 aliphatic heterocycles. The maximum atomic E-state index is 14.5. The smallest absolute Gasteiger partial charge is 0.271 e. The Morgan fingerprint density at radius 2 is 1.62 bits per heavy atom. The van der Waals surface area contributed by atoms with Crippen molar-refractivity contribution in [3.63, 3.8) is 0 Å². The number of halogens is 1. The van der Waals surface area contributed by atoms with Crippen LogP contribution in [0.4, 0.5) is 15.8 Å². The van der Waals surface area contributed by atoms with Crippen molar-refractivity contribution >= 4 is 33.2 Å². The molecule has 0 unspecified atom stereocenters. The van der Waals surface area contributed by atoms with Crippen LogP contribution in [0.5, 0.6) is 0 Å². The highest BCUT2D eigenvalue weighted by atomic mass is 32.2. The van der Waals surface area contributed by atoms with Crippen LogP contribution in [0.1, 0.15) is 26.3 Å². The Kier molecular flexibility index (Phi) is 9.36. The first-order valence-corrected chi connectivity index (χ1v) is 13.5. The van der Waals surface area contributed by atoms with Gasteiger partial charge in [0.1, 0.15) is 18.4 Å². The lowest BCUT2D eigenvalue weighted by Gasteiger charge is -2.32. The highest BCUT2D eigenvalue weighted by Gasteiger charge is 2.33. The molecule has 1 atom stereocenters. The highest BCUT2D eigenvalue weighted by Crippen LogP contribution is 2.27. The zero-order chi connectivity index (χ0) is 28.7. The molecule has 2 amide bonds. The molecule has 10 nitrogen and oxygen atoms in total. The topological polar surface area (TPSA) is 130 Å². The number of nitrogens with zero attached hydrogens (tertiary/aromatic N) is 3. The van der Waals surface area contributed by atoms with Crippen molar-refractivity contribution in [2.24, 2.45) is 0 Å². The maximum absolute atomic E-state index is 14.5. The molecule has 0 aromatic heterocycles. The number of sulfonamides is 1. The van der Waals surface area contributed by atoms with Crippen LogP contribution in [0.3, 0.4) is 0 Å². The van der Waals surface area contributed by atoms with Crippen LogP contribution in [0.2, 0.25) is 0 Å². The van der Waals surface area contributed by atoms with Crippen LogP contribution in [0.25, 0.3) is 0 Å². The van der Waals surface area contributed by atoms with Crippen LogP contribution in [-0.4, -0.2) is 48.7 Å². The summed E-state index contributed by atoms with van der Waals surface area (Å²) in [5, 5.41) is 14.1. The average Bonchev–Trinajstić information content (AvgIpc) is 2.90. The second-order valence-corrected chi connectivity index (χ2v) is 10.9. The second kappa shape index (κ2) is 12.5. The molecule has 0 spiro atoms. The highest BCUT2D eigenvalue weighted by molar-refractivity contribution is 7.92. The van der Waals surface area contributed by atoms with Crippen molar-refractivity contribution in [3.05, 3.63) is 100 Å². The van der Waals surface area contributed by atoms with Crippen molar-refractivity contribution in [1.82, 2.24) is 10.2 Å². The summed E-state index contributed by atoms with van der Waals surface area (Å²) in [7, 11) is -4.38. The number of anilines is 1. The number of non-ortho nitro benzene ring substituents is 1. The predicted octanol–water partition coefficient (Wildman–Crippen LogP) is 3.87. The molecular formula is C27H29FN4O6S. The predicted molar refractivity (Wildman–Crippen MR) is 144 cm³/mol. The monoisotopic (exact) mass is 556 g/mol. The van der Waals surface area contributed by atoms with E-state index in [0.29, 0.717) is 0 Å². The summed E-state index contributed by atoms with van der Waals surface area (Å²) in [6.45, 7) is 3.83. The minimum absolute atomic E-state index is 0.119. The van der Waals surface area contributed by atoms with Gasteiger partial charge in [-0.3, -0.25) is 24.0 Å². The maximum Gasteiger partial charge on any atom is 0.271 e. The second-order valence-electron chi connectivity index (χ2n) is 9.05. The van der Waals surface area contributed by atoms with Gasteiger partial charge in [0.15, 0.2) is 0 Å². The van der Waals surface area contributed by atoms with Gasteiger partial charge in [0.2, 0.25) is 11.8 Å². The van der Waals surface area contributed by atoms with Crippen LogP contribution < -0.4 is 9.62 Å². The van der Waals surface area contributed by atoms with Gasteiger partial charge in [0.25, 0.3) is 15.7 Å². The third-order valence-corrected chi connectivity index (χ3v) is 7.62. The van der Waals surface area contributed by atoms with Gasteiger partial charge in [-0.1, -0.05) is 42.5 Å². The Hall–Kier alpha value is -4.32. The minimum Gasteiger partial charge on any atom is -0.352 e. The van der Waals surface area contributed by atoms with Gasteiger partial charge in [-0.25, -0.2) is 12.8 Å². The third kappa shape index (κ3) is 7.17. The number of nitro benzene ring substituents is 1. The molecule has 0 saturated heterocycles. The van der Waals surface area contributed by atoms with E-state index in [1.165, 1.54) is 67.6 Å². The fourth-order valence-electron chi connectivity index (χ4n) is 3.81. The quantitative estimate of drug-likeness (QED) is 0.282. The number of nitrogens with one attached hydrogen (secondary N) is 1. The number of amides is 2. The molecule has 0 aliphatic rings. The molecule has 1 N–H and O–H groups in total. The molecule has 0 heterocycles. The van der Waals surface area contributed by atoms with E-state index in [1.807, 2.05) is 0 Å². The number of hydrogen-bond acceptors (Lipinski definition) is 6. The lowest BCUT2D eigenvalue weighted by atomic mass is 10.1. The van der Waals surface area contributed by atoms with Crippen molar-refractivity contribution in [1.29, 1.82) is 0 Å². The summed E-state index contributed by atoms with van der Waals surface area (Å²) in [5.74, 6) is -1.92. The van der Waals surface area contributed by atoms with Crippen molar-refractivity contribution in [2.75, 3.05) is 10.8 Å². The Morgan fingerprint density at radius 3 is 2.23 bits per heavy atom. The van der Waals surface area contributed by atoms with Crippen LogP contribution in [0.15, 0.2) is 83.8 Å². The molecule has 12 heteroatoms. The number of carbonyl (C=O) groups excluding carboxylic acids is 2. The third-order valence-electron chi connectivity index (χ3n) is 5.84. The van der Waals surface area contributed by atoms with Gasteiger partial charge < -0.3 is 10.2 Å². The minimum atomic E-state index is -4.38. The van der Waals surface area contributed by atoms with Crippen molar-refractivity contribution in [2.45, 2.75) is 44.3 Å². The zero-order valence-electron chi connectivity index (χ0n) is 21.7. The molecule has 39 heavy (non-hydrogen) atoms. The molecule has 0 bridgehead atoms. The number of hydrogen-bond donors (Lipinski definition) is 1. The molecule has 0 aliphatic carbocycles. The van der Waals surface area contributed by atoms with Gasteiger partial charge in [-0.05, 0) is 45.0 Å². The number of carbonyl (C=O) groups is 2. The summed E-state index contributed by atoms with van der Waals surface area (Å²) >= 11 is 0. The van der Waals surface area contributed by atoms with Gasteiger partial charge in [-0.15, -0.1) is 0 Å². The Labute approximate surface area is 226 Å². The summed E-state index contributed by atoms with van der Waals surface area (Å²) in [5.41, 5.74) is -0.365. The van der Waals surface area contributed by atoms with E-state index in [0.717, 1.165) is 15.3 Å². The fraction of sp³-hybridized carbons (Fsp3) is 0.259. The first-order valence-electron chi connectivity index (χ1n) is 12.1. The van der Waals surface area contributed by atoms with Crippen LogP contribution >= 0.6 is 0 Å². The average molecular weight is 557 g/mol. The SMILES string of the molecule is CC(C)NC(=O)[C@H](C)N(Cc1ccccc1F)C(=O)CN(c1cccc([N+](=O)[O-])c1)S(=O)(=O)c1ccccc1. The fourth-order valence-corrected chi connectivity index (χ4v) is 5.24. The van der Waals surface area contributed by atoms with Gasteiger partial charge in [0, 0.05) is 30.3 Å². The van der Waals surface area contributed by atoms with Gasteiger partial charge >= 0.3 is 0 Å². The van der Waals surface area contributed by atoms with E-state index in [4.69, 9.17) is 0 Å². The lowest BCUT2D eigenvalue weighted by Crippen LogP contribution is -2.52. The standard InChI is InChI=1S/C27H29FN4O6S/c1-19(2)29-27(34)20(3)30(17-21-10-7-8-15-25(21)28)26(33)18-31(22-11-9-12-23(16-22)32(35)36)39(37,38)24-13-5-4-6-14-24/h4-16,19-20H,17-18H2,1-3H3,(H,29,34)/t20-/m0/s1. The summed E-state index contributed by atoms with van der Waals surface area (Å²) in [6.07, 6.45) is 0. The molecule has 3 aromatic carbocycles. The number of benzene rings is 3. The zero-order valence-corrected chi connectivity index (χ0v) is 22.5. The van der Waals surface area contributed by atoms with E-state index < -0.39 is 45.2 Å². The van der Waals surface area contributed by atoms with E-state index in [2.05, 4.69) is 5.32 Å². The Balaban J connectivity index is 2.08. The largest absolute Gasteiger partial charge is 0.352 e. The first kappa shape index (κ1) is 29.2. The molecular weight excluding hydrogens is 527 g/mol. The van der Waals surface area contributed by atoms with E-state index >= 15 is 0 Å². The molecule has 0 radical (unpaired) electrons. The molecule has 0 fully saturated rings. The van der Waals surface area contributed by atoms with E-state index in [9.17, 15) is 32.5 Å². The van der Waals surface area contributed by atoms with Crippen molar-refractivity contribution in [3.8, 4) is 0 Å². The molecule has 3 rings (SSSR count). The van der Waals surface area contributed by atoms with Crippen molar-refractivity contribution < 1.29 is 27.3 Å². The molecule has 0 saturated carbocycles. The summed E-state index contributed by atoms with van der Waals surface area (Å²) in [6, 6.07) is 16.6. The first-order chi connectivity index (χ1) is 18.4. The molecule has 3 aromatic rings.